The van der Waals surface area contributed by atoms with Crippen molar-refractivity contribution in [3.8, 4) is 28.5 Å². The molecule has 2 aromatic heterocycles. The number of carboxylic acid groups (broad SMARTS) is 1. The molecular formula is C24H18N4O3S2. The lowest BCUT2D eigenvalue weighted by Crippen LogP contribution is -2.06. The van der Waals surface area contributed by atoms with Gasteiger partial charge in [0.05, 0.1) is 30.3 Å². The van der Waals surface area contributed by atoms with Gasteiger partial charge in [-0.2, -0.15) is 4.98 Å². The van der Waals surface area contributed by atoms with Gasteiger partial charge in [-0.25, -0.2) is 9.78 Å². The van der Waals surface area contributed by atoms with Gasteiger partial charge in [-0.05, 0) is 52.6 Å². The van der Waals surface area contributed by atoms with Gasteiger partial charge < -0.3 is 9.84 Å². The Hall–Kier alpha value is -3.82. The lowest BCUT2D eigenvalue weighted by atomic mass is 9.98. The number of hydrogen-bond donors (Lipinski definition) is 2. The molecule has 0 saturated carbocycles. The number of aromatic nitrogens is 4. The molecule has 0 aliphatic rings. The molecule has 0 unspecified atom stereocenters. The molecule has 0 fully saturated rings. The Morgan fingerprint density at radius 1 is 1.06 bits per heavy atom. The number of carbonyl (C=O) groups is 1. The van der Waals surface area contributed by atoms with Crippen LogP contribution in [0.2, 0.25) is 0 Å². The smallest absolute Gasteiger partial charge is 0.337 e. The van der Waals surface area contributed by atoms with Crippen molar-refractivity contribution in [3.63, 3.8) is 0 Å². The van der Waals surface area contributed by atoms with Crippen LogP contribution in [0.1, 0.15) is 15.9 Å². The first-order valence-electron chi connectivity index (χ1n) is 10.1. The molecule has 0 radical (unpaired) electrons. The number of fused-ring (bicyclic) bond motifs is 1. The minimum atomic E-state index is -1.00. The normalized spacial score (nSPS) is 11.1. The van der Waals surface area contributed by atoms with Crippen molar-refractivity contribution in [1.82, 2.24) is 18.9 Å². The summed E-state index contributed by atoms with van der Waals surface area (Å²) in [4.78, 5) is 20.6. The van der Waals surface area contributed by atoms with E-state index in [1.807, 2.05) is 48.5 Å². The Morgan fingerprint density at radius 3 is 2.48 bits per heavy atom. The van der Waals surface area contributed by atoms with E-state index in [1.54, 1.807) is 22.8 Å². The maximum Gasteiger partial charge on any atom is 0.337 e. The maximum atomic E-state index is 11.8. The number of nitrogens with zero attached hydrogens (tertiary/aromatic N) is 3. The van der Waals surface area contributed by atoms with Gasteiger partial charge in [0.1, 0.15) is 5.82 Å². The molecular weight excluding hydrogens is 456 g/mol. The topological polar surface area (TPSA) is 93.0 Å². The van der Waals surface area contributed by atoms with Crippen LogP contribution in [-0.2, 0) is 6.54 Å². The van der Waals surface area contributed by atoms with Crippen molar-refractivity contribution >= 4 is 40.8 Å². The van der Waals surface area contributed by atoms with Crippen LogP contribution < -0.4 is 4.74 Å². The molecule has 0 amide bonds. The molecule has 2 heterocycles. The fraction of sp³-hybridized carbons (Fsp3) is 0.0833. The zero-order valence-corrected chi connectivity index (χ0v) is 19.1. The van der Waals surface area contributed by atoms with Crippen LogP contribution in [0.5, 0.6) is 6.01 Å². The molecule has 9 heteroatoms. The summed E-state index contributed by atoms with van der Waals surface area (Å²) in [6.45, 7) is 0.422. The third-order valence-electron chi connectivity index (χ3n) is 5.37. The Kier molecular flexibility index (Phi) is 5.49. The first kappa shape index (κ1) is 21.0. The fourth-order valence-electron chi connectivity index (χ4n) is 3.90. The molecule has 164 valence electrons. The zero-order chi connectivity index (χ0) is 22.9. The number of imidazole rings is 1. The summed E-state index contributed by atoms with van der Waals surface area (Å²) in [5, 5.41) is 9.64. The quantitative estimate of drug-likeness (QED) is 0.309. The van der Waals surface area contributed by atoms with E-state index >= 15 is 0 Å². The Balaban J connectivity index is 1.52. The van der Waals surface area contributed by atoms with Crippen LogP contribution in [0, 0.1) is 3.95 Å². The Labute approximate surface area is 198 Å². The first-order valence-corrected chi connectivity index (χ1v) is 11.3. The monoisotopic (exact) mass is 474 g/mol. The third-order valence-corrected chi connectivity index (χ3v) is 6.27. The summed E-state index contributed by atoms with van der Waals surface area (Å²) in [7, 11) is 1.53. The molecule has 0 saturated heterocycles. The van der Waals surface area contributed by atoms with E-state index in [-0.39, 0.29) is 5.56 Å². The molecule has 2 N–H and O–H groups in total. The first-order chi connectivity index (χ1) is 16.0. The number of benzene rings is 3. The molecule has 7 nitrogen and oxygen atoms in total. The van der Waals surface area contributed by atoms with Crippen LogP contribution in [0.4, 0.5) is 0 Å². The Morgan fingerprint density at radius 2 is 1.82 bits per heavy atom. The number of hydrogen-bond acceptors (Lipinski definition) is 6. The van der Waals surface area contributed by atoms with E-state index in [0.29, 0.717) is 27.5 Å². The number of nitrogens with one attached hydrogen (secondary N) is 1. The average Bonchev–Trinajstić information content (AvgIpc) is 3.43. The molecule has 0 aliphatic heterocycles. The van der Waals surface area contributed by atoms with Gasteiger partial charge in [-0.3, -0.25) is 8.94 Å². The largest absolute Gasteiger partial charge is 0.478 e. The minimum Gasteiger partial charge on any atom is -0.478 e. The van der Waals surface area contributed by atoms with Crippen LogP contribution in [0.25, 0.3) is 33.5 Å². The van der Waals surface area contributed by atoms with Crippen LogP contribution in [0.15, 0.2) is 66.7 Å². The van der Waals surface area contributed by atoms with Crippen molar-refractivity contribution in [2.45, 2.75) is 6.54 Å². The van der Waals surface area contributed by atoms with Crippen molar-refractivity contribution in [3.05, 3.63) is 81.8 Å². The van der Waals surface area contributed by atoms with Gasteiger partial charge in [-0.1, -0.05) is 54.6 Å². The SMILES string of the molecule is COc1nc2cccc(C(=O)O)c2n1Cc1ccc(-c2ccccc2-c2nc(=S)s[nH]2)cc1. The molecule has 5 aromatic rings. The highest BCUT2D eigenvalue weighted by atomic mass is 32.2. The predicted octanol–water partition coefficient (Wildman–Crippen LogP) is 5.64. The minimum absolute atomic E-state index is 0.189. The van der Waals surface area contributed by atoms with Gasteiger partial charge in [0.25, 0.3) is 6.01 Å². The summed E-state index contributed by atoms with van der Waals surface area (Å²) in [6, 6.07) is 21.5. The van der Waals surface area contributed by atoms with Crippen LogP contribution >= 0.6 is 23.8 Å². The third kappa shape index (κ3) is 3.92. The second kappa shape index (κ2) is 8.61. The number of H-pyrrole nitrogens is 1. The lowest BCUT2D eigenvalue weighted by Gasteiger charge is -2.11. The van der Waals surface area contributed by atoms with Gasteiger partial charge in [-0.15, -0.1) is 0 Å². The van der Waals surface area contributed by atoms with Gasteiger partial charge >= 0.3 is 5.97 Å². The summed E-state index contributed by atoms with van der Waals surface area (Å²) in [6.07, 6.45) is 0. The number of methoxy groups -OCH3 is 1. The van der Waals surface area contributed by atoms with E-state index in [0.717, 1.165) is 28.1 Å². The Bertz CT molecular complexity index is 1530. The van der Waals surface area contributed by atoms with Crippen LogP contribution in [0.3, 0.4) is 0 Å². The molecule has 0 bridgehead atoms. The molecule has 0 atom stereocenters. The van der Waals surface area contributed by atoms with Crippen LogP contribution in [-0.4, -0.2) is 37.1 Å². The van der Waals surface area contributed by atoms with Crippen molar-refractivity contribution in [1.29, 1.82) is 0 Å². The highest BCUT2D eigenvalue weighted by molar-refractivity contribution is 7.73. The number of aromatic amines is 1. The highest BCUT2D eigenvalue weighted by Crippen LogP contribution is 2.31. The van der Waals surface area contributed by atoms with Crippen molar-refractivity contribution in [2.75, 3.05) is 7.11 Å². The average molecular weight is 475 g/mol. The molecule has 3 aromatic carbocycles. The second-order valence-electron chi connectivity index (χ2n) is 7.34. The lowest BCUT2D eigenvalue weighted by molar-refractivity contribution is 0.0698. The second-order valence-corrected chi connectivity index (χ2v) is 8.78. The van der Waals surface area contributed by atoms with Gasteiger partial charge in [0.2, 0.25) is 0 Å². The standard InChI is InChI=1S/C24H18N4O3S2/c1-31-23-25-19-8-4-7-18(22(29)30)20(19)28(23)13-14-9-11-15(12-10-14)16-5-2-3-6-17(16)21-26-24(32)33-27-21/h2-12H,13H2,1H3,(H,29,30)(H,26,27,32). The summed E-state index contributed by atoms with van der Waals surface area (Å²) in [5.41, 5.74) is 5.35. The van der Waals surface area contributed by atoms with E-state index in [4.69, 9.17) is 17.0 Å². The summed E-state index contributed by atoms with van der Waals surface area (Å²) < 4.78 is 11.0. The van der Waals surface area contributed by atoms with Gasteiger partial charge in [0.15, 0.2) is 3.95 Å². The number of rotatable bonds is 6. The van der Waals surface area contributed by atoms with Crippen molar-refractivity contribution < 1.29 is 14.6 Å². The van der Waals surface area contributed by atoms with E-state index in [9.17, 15) is 9.90 Å². The zero-order valence-electron chi connectivity index (χ0n) is 17.5. The summed E-state index contributed by atoms with van der Waals surface area (Å²) in [5.74, 6) is -0.252. The highest BCUT2D eigenvalue weighted by Gasteiger charge is 2.18. The fourth-order valence-corrected chi connectivity index (χ4v) is 4.59. The predicted molar refractivity (Wildman–Crippen MR) is 131 cm³/mol. The van der Waals surface area contributed by atoms with E-state index < -0.39 is 5.97 Å². The summed E-state index contributed by atoms with van der Waals surface area (Å²) >= 11 is 6.50. The number of para-hydroxylation sites is 1. The molecule has 0 spiro atoms. The number of ether oxygens (including phenoxy) is 1. The van der Waals surface area contributed by atoms with Gasteiger partial charge in [0, 0.05) is 5.56 Å². The number of carboxylic acids is 1. The maximum absolute atomic E-state index is 11.8. The molecule has 0 aliphatic carbocycles. The number of aromatic carboxylic acids is 1. The molecule has 5 rings (SSSR count). The van der Waals surface area contributed by atoms with Crippen molar-refractivity contribution in [2.24, 2.45) is 0 Å². The van der Waals surface area contributed by atoms with E-state index in [2.05, 4.69) is 14.3 Å². The van der Waals surface area contributed by atoms with E-state index in [1.165, 1.54) is 18.6 Å². The molecule has 33 heavy (non-hydrogen) atoms.